The zero-order valence-electron chi connectivity index (χ0n) is 11.4. The van der Waals surface area contributed by atoms with Gasteiger partial charge in [0, 0.05) is 0 Å². The summed E-state index contributed by atoms with van der Waals surface area (Å²) in [5, 5.41) is 5.32. The maximum atomic E-state index is 12.9. The summed E-state index contributed by atoms with van der Waals surface area (Å²) in [6.07, 6.45) is 0. The minimum atomic E-state index is -1.21. The first-order valence-corrected chi connectivity index (χ1v) is 6.80. The van der Waals surface area contributed by atoms with Crippen molar-refractivity contribution in [3.63, 3.8) is 0 Å². The Morgan fingerprint density at radius 3 is 2.14 bits per heavy atom. The molecule has 2 aliphatic heterocycles. The topological polar surface area (TPSA) is 78.5 Å². The molecular weight excluding hydrogens is 282 g/mol. The first kappa shape index (κ1) is 12.6. The number of anilines is 3. The predicted molar refractivity (Wildman–Crippen MR) is 80.7 cm³/mol. The summed E-state index contributed by atoms with van der Waals surface area (Å²) < 4.78 is 0. The van der Waals surface area contributed by atoms with E-state index in [-0.39, 0.29) is 5.91 Å². The molecule has 0 radical (unpaired) electrons. The van der Waals surface area contributed by atoms with Crippen LogP contribution in [0.25, 0.3) is 0 Å². The van der Waals surface area contributed by atoms with Crippen molar-refractivity contribution < 1.29 is 14.4 Å². The van der Waals surface area contributed by atoms with Crippen LogP contribution in [0.1, 0.15) is 10.4 Å². The Kier molecular flexibility index (Phi) is 2.53. The fraction of sp³-hybridized carbons (Fsp3) is 0.0625. The monoisotopic (exact) mass is 293 g/mol. The van der Waals surface area contributed by atoms with Gasteiger partial charge in [-0.3, -0.25) is 19.3 Å². The van der Waals surface area contributed by atoms with Crippen LogP contribution < -0.4 is 15.5 Å². The molecule has 6 heteroatoms. The lowest BCUT2D eigenvalue weighted by Gasteiger charge is -2.33. The van der Waals surface area contributed by atoms with Gasteiger partial charge in [-0.25, -0.2) is 0 Å². The van der Waals surface area contributed by atoms with Crippen molar-refractivity contribution in [1.29, 1.82) is 0 Å². The molecule has 2 N–H and O–H groups in total. The zero-order chi connectivity index (χ0) is 15.3. The summed E-state index contributed by atoms with van der Waals surface area (Å²) in [5.74, 6) is -1.41. The highest BCUT2D eigenvalue weighted by molar-refractivity contribution is 6.29. The fourth-order valence-corrected chi connectivity index (χ4v) is 2.82. The Morgan fingerprint density at radius 1 is 0.773 bits per heavy atom. The number of amides is 3. The Bertz CT molecular complexity index is 831. The van der Waals surface area contributed by atoms with E-state index in [2.05, 4.69) is 10.6 Å². The van der Waals surface area contributed by atoms with Gasteiger partial charge in [0.1, 0.15) is 0 Å². The Morgan fingerprint density at radius 2 is 1.36 bits per heavy atom. The number of hydrogen-bond acceptors (Lipinski definition) is 3. The molecule has 6 nitrogen and oxygen atoms in total. The van der Waals surface area contributed by atoms with E-state index in [4.69, 9.17) is 0 Å². The second kappa shape index (κ2) is 4.42. The molecule has 0 spiro atoms. The minimum Gasteiger partial charge on any atom is -0.323 e. The number of fused-ring (bicyclic) bond motifs is 4. The van der Waals surface area contributed by atoms with Crippen LogP contribution in [0.5, 0.6) is 0 Å². The van der Waals surface area contributed by atoms with E-state index in [0.717, 1.165) is 0 Å². The quantitative estimate of drug-likeness (QED) is 0.724. The average molecular weight is 293 g/mol. The maximum absolute atomic E-state index is 12.9. The Balaban J connectivity index is 1.96. The summed E-state index contributed by atoms with van der Waals surface area (Å²) >= 11 is 0. The molecule has 2 aliphatic rings. The molecule has 1 atom stereocenters. The largest absolute Gasteiger partial charge is 0.323 e. The molecule has 0 saturated carbocycles. The lowest BCUT2D eigenvalue weighted by molar-refractivity contribution is -0.125. The van der Waals surface area contributed by atoms with Crippen LogP contribution in [0, 0.1) is 0 Å². The van der Waals surface area contributed by atoms with Crippen LogP contribution in [0.2, 0.25) is 0 Å². The van der Waals surface area contributed by atoms with E-state index in [9.17, 15) is 14.4 Å². The molecule has 2 aromatic carbocycles. The van der Waals surface area contributed by atoms with Crippen molar-refractivity contribution in [3.05, 3.63) is 54.1 Å². The van der Waals surface area contributed by atoms with Gasteiger partial charge in [0.05, 0.1) is 22.6 Å². The molecule has 0 aromatic heterocycles. The Hall–Kier alpha value is -3.15. The van der Waals surface area contributed by atoms with E-state index in [1.807, 2.05) is 0 Å². The van der Waals surface area contributed by atoms with Gasteiger partial charge in [0.25, 0.3) is 17.7 Å². The third-order valence-corrected chi connectivity index (χ3v) is 3.81. The zero-order valence-corrected chi connectivity index (χ0v) is 11.4. The predicted octanol–water partition coefficient (Wildman–Crippen LogP) is 1.61. The van der Waals surface area contributed by atoms with Crippen molar-refractivity contribution in [1.82, 2.24) is 0 Å². The van der Waals surface area contributed by atoms with Crippen LogP contribution in [-0.2, 0) is 9.59 Å². The smallest absolute Gasteiger partial charge is 0.261 e. The van der Waals surface area contributed by atoms with Gasteiger partial charge in [-0.05, 0) is 24.3 Å². The maximum Gasteiger partial charge on any atom is 0.261 e. The van der Waals surface area contributed by atoms with Crippen molar-refractivity contribution >= 4 is 34.8 Å². The normalized spacial score (nSPS) is 19.4. The van der Waals surface area contributed by atoms with E-state index >= 15 is 0 Å². The molecule has 3 amide bonds. The van der Waals surface area contributed by atoms with E-state index in [0.29, 0.717) is 22.6 Å². The molecule has 0 fully saturated rings. The lowest BCUT2D eigenvalue weighted by Crippen LogP contribution is -2.55. The average Bonchev–Trinajstić information content (AvgIpc) is 2.63. The van der Waals surface area contributed by atoms with Crippen molar-refractivity contribution in [3.8, 4) is 0 Å². The molecule has 0 saturated heterocycles. The molecule has 2 aromatic rings. The van der Waals surface area contributed by atoms with Crippen molar-refractivity contribution in [2.75, 3.05) is 15.5 Å². The van der Waals surface area contributed by atoms with E-state index < -0.39 is 17.9 Å². The third-order valence-electron chi connectivity index (χ3n) is 3.81. The number of hydrogen-bond donors (Lipinski definition) is 2. The van der Waals surface area contributed by atoms with Crippen LogP contribution in [-0.4, -0.2) is 23.8 Å². The molecule has 4 rings (SSSR count). The highest BCUT2D eigenvalue weighted by Crippen LogP contribution is 2.35. The summed E-state index contributed by atoms with van der Waals surface area (Å²) in [5.41, 5.74) is 1.81. The molecule has 0 bridgehead atoms. The van der Waals surface area contributed by atoms with Gasteiger partial charge in [-0.1, -0.05) is 24.3 Å². The highest BCUT2D eigenvalue weighted by atomic mass is 16.2. The number of nitrogens with one attached hydrogen (secondary N) is 2. The first-order chi connectivity index (χ1) is 10.7. The van der Waals surface area contributed by atoms with Crippen molar-refractivity contribution in [2.45, 2.75) is 6.04 Å². The number of rotatable bonds is 0. The van der Waals surface area contributed by atoms with E-state index in [1.165, 1.54) is 4.90 Å². The number of carbonyl (C=O) groups is 3. The van der Waals surface area contributed by atoms with Crippen LogP contribution in [0.4, 0.5) is 17.1 Å². The summed E-state index contributed by atoms with van der Waals surface area (Å²) in [6.45, 7) is 0. The van der Waals surface area contributed by atoms with E-state index in [1.54, 1.807) is 48.5 Å². The van der Waals surface area contributed by atoms with Gasteiger partial charge in [-0.15, -0.1) is 0 Å². The van der Waals surface area contributed by atoms with Gasteiger partial charge < -0.3 is 10.6 Å². The molecular formula is C16H11N3O3. The second-order valence-electron chi connectivity index (χ2n) is 5.12. The third kappa shape index (κ3) is 1.64. The van der Waals surface area contributed by atoms with Crippen LogP contribution in [0.15, 0.2) is 48.5 Å². The van der Waals surface area contributed by atoms with Crippen LogP contribution >= 0.6 is 0 Å². The van der Waals surface area contributed by atoms with Crippen LogP contribution in [0.3, 0.4) is 0 Å². The first-order valence-electron chi connectivity index (χ1n) is 6.80. The summed E-state index contributed by atoms with van der Waals surface area (Å²) in [7, 11) is 0. The van der Waals surface area contributed by atoms with Gasteiger partial charge in [-0.2, -0.15) is 0 Å². The SMILES string of the molecule is O=C1Nc2ccccc2C(=O)N2c3ccccc3NC(=O)C12. The van der Waals surface area contributed by atoms with Gasteiger partial charge >= 0.3 is 0 Å². The fourth-order valence-electron chi connectivity index (χ4n) is 2.82. The number of nitrogens with zero attached hydrogens (tertiary/aromatic N) is 1. The second-order valence-corrected chi connectivity index (χ2v) is 5.12. The number of benzene rings is 2. The number of carbonyl (C=O) groups excluding carboxylic acids is 3. The van der Waals surface area contributed by atoms with Crippen molar-refractivity contribution in [2.24, 2.45) is 0 Å². The molecule has 1 unspecified atom stereocenters. The molecule has 0 aliphatic carbocycles. The molecule has 22 heavy (non-hydrogen) atoms. The van der Waals surface area contributed by atoms with Gasteiger partial charge in [0.2, 0.25) is 0 Å². The Labute approximate surface area is 125 Å². The summed E-state index contributed by atoms with van der Waals surface area (Å²) in [4.78, 5) is 38.8. The molecule has 2 heterocycles. The molecule has 108 valence electrons. The number of para-hydroxylation sites is 3. The van der Waals surface area contributed by atoms with Gasteiger partial charge in [0.15, 0.2) is 6.04 Å². The highest BCUT2D eigenvalue weighted by Gasteiger charge is 2.44. The standard InChI is InChI=1S/C16H11N3O3/c20-14-13-15(21)18-11-7-3-4-8-12(11)19(13)16(22)9-5-1-2-6-10(9)17-14/h1-8,13H,(H,17,20)(H,18,21). The lowest BCUT2D eigenvalue weighted by atomic mass is 10.1. The summed E-state index contributed by atoms with van der Waals surface area (Å²) in [6, 6.07) is 12.4. The minimum absolute atomic E-state index is 0.364.